The highest BCUT2D eigenvalue weighted by molar-refractivity contribution is 7.89. The van der Waals surface area contributed by atoms with Gasteiger partial charge < -0.3 is 4.90 Å². The molecule has 0 saturated carbocycles. The second kappa shape index (κ2) is 4.92. The third kappa shape index (κ3) is 2.62. The number of likely N-dealkylation sites (N-methyl/N-ethyl adjacent to an activating group) is 1. The largest absolute Gasteiger partial charge is 0.303 e. The summed E-state index contributed by atoms with van der Waals surface area (Å²) in [5, 5.41) is 8.46. The molecule has 2 fully saturated rings. The van der Waals surface area contributed by atoms with Gasteiger partial charge in [-0.3, -0.25) is 0 Å². The number of rotatable bonds is 4. The van der Waals surface area contributed by atoms with E-state index in [1.54, 1.807) is 4.31 Å². The first-order valence-corrected chi connectivity index (χ1v) is 7.72. The highest BCUT2D eigenvalue weighted by atomic mass is 32.2. The van der Waals surface area contributed by atoms with E-state index in [0.717, 1.165) is 25.9 Å². The van der Waals surface area contributed by atoms with Crippen LogP contribution >= 0.6 is 0 Å². The highest BCUT2D eigenvalue weighted by Gasteiger charge is 2.44. The second-order valence-electron chi connectivity index (χ2n) is 5.01. The van der Waals surface area contributed by atoms with E-state index >= 15 is 0 Å². The molecule has 0 spiro atoms. The van der Waals surface area contributed by atoms with Crippen LogP contribution in [-0.2, 0) is 10.0 Å². The van der Waals surface area contributed by atoms with Gasteiger partial charge >= 0.3 is 0 Å². The van der Waals surface area contributed by atoms with Crippen LogP contribution in [0.5, 0.6) is 0 Å². The molecule has 96 valence electrons. The normalized spacial score (nSPS) is 30.4. The standard InChI is InChI=1S/C11H19N3O2S/c1-13-8-10-4-5-11(9-13)14(10)17(15,16)7-3-2-6-12/h10-11H,2-5,7-9H2,1H3. The van der Waals surface area contributed by atoms with Gasteiger partial charge in [-0.2, -0.15) is 9.57 Å². The fourth-order valence-electron chi connectivity index (χ4n) is 2.97. The van der Waals surface area contributed by atoms with Crippen LogP contribution in [0.4, 0.5) is 0 Å². The summed E-state index contributed by atoms with van der Waals surface area (Å²) >= 11 is 0. The van der Waals surface area contributed by atoms with Crippen LogP contribution in [0.3, 0.4) is 0 Å². The lowest BCUT2D eigenvalue weighted by Crippen LogP contribution is -2.54. The summed E-state index contributed by atoms with van der Waals surface area (Å²) in [6.45, 7) is 1.68. The number of piperazine rings is 1. The van der Waals surface area contributed by atoms with E-state index in [2.05, 4.69) is 4.90 Å². The van der Waals surface area contributed by atoms with Crippen molar-refractivity contribution in [1.82, 2.24) is 9.21 Å². The molecule has 2 aliphatic heterocycles. The average Bonchev–Trinajstić information content (AvgIpc) is 2.53. The topological polar surface area (TPSA) is 64.4 Å². The van der Waals surface area contributed by atoms with Gasteiger partial charge in [0.1, 0.15) is 0 Å². The molecular weight excluding hydrogens is 238 g/mol. The first-order chi connectivity index (χ1) is 8.04. The molecular formula is C11H19N3O2S. The molecule has 2 heterocycles. The number of nitrogens with zero attached hydrogens (tertiary/aromatic N) is 3. The van der Waals surface area contributed by atoms with E-state index in [1.807, 2.05) is 13.1 Å². The molecule has 17 heavy (non-hydrogen) atoms. The van der Waals surface area contributed by atoms with Crippen molar-refractivity contribution in [3.63, 3.8) is 0 Å². The van der Waals surface area contributed by atoms with Crippen molar-refractivity contribution in [2.24, 2.45) is 0 Å². The molecule has 2 rings (SSSR count). The van der Waals surface area contributed by atoms with Gasteiger partial charge in [0.25, 0.3) is 0 Å². The summed E-state index contributed by atoms with van der Waals surface area (Å²) in [6, 6.07) is 2.31. The summed E-state index contributed by atoms with van der Waals surface area (Å²) in [6.07, 6.45) is 2.73. The maximum absolute atomic E-state index is 12.2. The van der Waals surface area contributed by atoms with Crippen LogP contribution in [0.15, 0.2) is 0 Å². The van der Waals surface area contributed by atoms with Crippen LogP contribution in [-0.4, -0.2) is 55.6 Å². The molecule has 0 aliphatic carbocycles. The number of fused-ring (bicyclic) bond motifs is 2. The summed E-state index contributed by atoms with van der Waals surface area (Å²) in [4.78, 5) is 2.21. The molecule has 2 bridgehead atoms. The molecule has 5 nitrogen and oxygen atoms in total. The Morgan fingerprint density at radius 2 is 1.88 bits per heavy atom. The summed E-state index contributed by atoms with van der Waals surface area (Å²) in [5.41, 5.74) is 0. The first kappa shape index (κ1) is 12.8. The fourth-order valence-corrected chi connectivity index (χ4v) is 4.94. The van der Waals surface area contributed by atoms with Crippen LogP contribution < -0.4 is 0 Å². The molecule has 2 aliphatic rings. The number of hydrogen-bond donors (Lipinski definition) is 0. The van der Waals surface area contributed by atoms with Gasteiger partial charge in [-0.25, -0.2) is 8.42 Å². The van der Waals surface area contributed by atoms with Crippen molar-refractivity contribution in [3.8, 4) is 6.07 Å². The van der Waals surface area contributed by atoms with E-state index in [-0.39, 0.29) is 17.8 Å². The Morgan fingerprint density at radius 1 is 1.29 bits per heavy atom. The molecule has 2 saturated heterocycles. The molecule has 0 aromatic carbocycles. The Labute approximate surface area is 103 Å². The summed E-state index contributed by atoms with van der Waals surface area (Å²) in [5.74, 6) is 0.122. The zero-order valence-corrected chi connectivity index (χ0v) is 11.0. The monoisotopic (exact) mass is 257 g/mol. The van der Waals surface area contributed by atoms with E-state index in [9.17, 15) is 8.42 Å². The second-order valence-corrected chi connectivity index (χ2v) is 7.01. The Hall–Kier alpha value is -0.640. The lowest BCUT2D eigenvalue weighted by molar-refractivity contribution is 0.154. The van der Waals surface area contributed by atoms with Crippen LogP contribution in [0.2, 0.25) is 0 Å². The lowest BCUT2D eigenvalue weighted by Gasteiger charge is -2.38. The van der Waals surface area contributed by atoms with Crippen LogP contribution in [0.25, 0.3) is 0 Å². The van der Waals surface area contributed by atoms with Crippen molar-refractivity contribution in [2.75, 3.05) is 25.9 Å². The van der Waals surface area contributed by atoms with Gasteiger partial charge in [0.15, 0.2) is 0 Å². The SMILES string of the molecule is CN1CC2CCC(C1)N2S(=O)(=O)CCCC#N. The lowest BCUT2D eigenvalue weighted by atomic mass is 10.2. The van der Waals surface area contributed by atoms with Crippen molar-refractivity contribution in [1.29, 1.82) is 5.26 Å². The van der Waals surface area contributed by atoms with Gasteiger partial charge in [0, 0.05) is 31.6 Å². The Morgan fingerprint density at radius 3 is 2.41 bits per heavy atom. The van der Waals surface area contributed by atoms with E-state index in [0.29, 0.717) is 12.8 Å². The van der Waals surface area contributed by atoms with E-state index in [4.69, 9.17) is 5.26 Å². The minimum atomic E-state index is -3.16. The van der Waals surface area contributed by atoms with E-state index < -0.39 is 10.0 Å². The van der Waals surface area contributed by atoms with Crippen molar-refractivity contribution < 1.29 is 8.42 Å². The maximum atomic E-state index is 12.2. The van der Waals surface area contributed by atoms with Gasteiger partial charge in [-0.1, -0.05) is 0 Å². The number of unbranched alkanes of at least 4 members (excludes halogenated alkanes) is 1. The number of nitriles is 1. The predicted molar refractivity (Wildman–Crippen MR) is 64.8 cm³/mol. The fraction of sp³-hybridized carbons (Fsp3) is 0.909. The van der Waals surface area contributed by atoms with Gasteiger partial charge in [0.05, 0.1) is 11.8 Å². The Kier molecular flexibility index (Phi) is 3.71. The summed E-state index contributed by atoms with van der Waals surface area (Å²) < 4.78 is 26.2. The van der Waals surface area contributed by atoms with Crippen LogP contribution in [0.1, 0.15) is 25.7 Å². The smallest absolute Gasteiger partial charge is 0.214 e. The molecule has 2 atom stereocenters. The molecule has 0 N–H and O–H groups in total. The minimum absolute atomic E-state index is 0.122. The molecule has 2 unspecified atom stereocenters. The van der Waals surface area contributed by atoms with E-state index in [1.165, 1.54) is 0 Å². The molecule has 0 amide bonds. The first-order valence-electron chi connectivity index (χ1n) is 6.11. The molecule has 0 radical (unpaired) electrons. The number of likely N-dealkylation sites (tertiary alicyclic amines) is 1. The molecule has 0 aromatic heterocycles. The quantitative estimate of drug-likeness (QED) is 0.684. The number of hydrogen-bond acceptors (Lipinski definition) is 4. The third-order valence-electron chi connectivity index (χ3n) is 3.61. The average molecular weight is 257 g/mol. The van der Waals surface area contributed by atoms with Crippen molar-refractivity contribution >= 4 is 10.0 Å². The van der Waals surface area contributed by atoms with Crippen molar-refractivity contribution in [2.45, 2.75) is 37.8 Å². The molecule has 6 heteroatoms. The minimum Gasteiger partial charge on any atom is -0.303 e. The zero-order valence-electron chi connectivity index (χ0n) is 10.2. The number of sulfonamides is 1. The zero-order chi connectivity index (χ0) is 12.5. The van der Waals surface area contributed by atoms with Crippen molar-refractivity contribution in [3.05, 3.63) is 0 Å². The highest BCUT2D eigenvalue weighted by Crippen LogP contribution is 2.32. The molecule has 0 aromatic rings. The van der Waals surface area contributed by atoms with Gasteiger partial charge in [-0.05, 0) is 26.3 Å². The third-order valence-corrected chi connectivity index (χ3v) is 5.65. The van der Waals surface area contributed by atoms with Gasteiger partial charge in [-0.15, -0.1) is 0 Å². The van der Waals surface area contributed by atoms with Crippen LogP contribution in [0, 0.1) is 11.3 Å². The Bertz CT molecular complexity index is 401. The predicted octanol–water partition coefficient (Wildman–Crippen LogP) is 0.398. The summed E-state index contributed by atoms with van der Waals surface area (Å²) in [7, 11) is -1.11. The Balaban J connectivity index is 2.05. The van der Waals surface area contributed by atoms with Gasteiger partial charge in [0.2, 0.25) is 10.0 Å². The maximum Gasteiger partial charge on any atom is 0.214 e.